The van der Waals surface area contributed by atoms with Gasteiger partial charge in [-0.2, -0.15) is 0 Å². The summed E-state index contributed by atoms with van der Waals surface area (Å²) in [6.07, 6.45) is 4.36. The number of rotatable bonds is 5. The maximum absolute atomic E-state index is 5.95. The maximum atomic E-state index is 5.95. The lowest BCUT2D eigenvalue weighted by Gasteiger charge is -2.17. The molecule has 0 radical (unpaired) electrons. The average molecular weight is 231 g/mol. The number of nitrogens with two attached hydrogens (primary N) is 1. The summed E-state index contributed by atoms with van der Waals surface area (Å²) in [6, 6.07) is 8.15. The van der Waals surface area contributed by atoms with Gasteiger partial charge in [-0.3, -0.25) is 0 Å². The zero-order valence-electron chi connectivity index (χ0n) is 10.7. The van der Waals surface area contributed by atoms with E-state index in [4.69, 9.17) is 5.73 Å². The highest BCUT2D eigenvalue weighted by molar-refractivity contribution is 5.74. The minimum atomic E-state index is -0.0477. The van der Waals surface area contributed by atoms with Gasteiger partial charge in [-0.15, -0.1) is 0 Å². The molecule has 3 nitrogen and oxygen atoms in total. The zero-order valence-corrected chi connectivity index (χ0v) is 10.7. The van der Waals surface area contributed by atoms with E-state index >= 15 is 0 Å². The zero-order chi connectivity index (χ0) is 12.3. The fraction of sp³-hybridized carbons (Fsp3) is 0.500. The molecule has 0 aliphatic heterocycles. The first-order chi connectivity index (χ1) is 8.04. The van der Waals surface area contributed by atoms with Crippen LogP contribution in [0.5, 0.6) is 0 Å². The van der Waals surface area contributed by atoms with Crippen LogP contribution in [0.1, 0.15) is 38.9 Å². The number of benzene rings is 1. The fourth-order valence-corrected chi connectivity index (χ4v) is 2.00. The lowest BCUT2D eigenvalue weighted by atomic mass is 9.98. The second kappa shape index (κ2) is 4.88. The van der Waals surface area contributed by atoms with Crippen LogP contribution in [-0.4, -0.2) is 15.5 Å². The van der Waals surface area contributed by atoms with Gasteiger partial charge in [0.25, 0.3) is 0 Å². The molecule has 1 aromatic heterocycles. The van der Waals surface area contributed by atoms with E-state index in [-0.39, 0.29) is 5.54 Å². The molecule has 17 heavy (non-hydrogen) atoms. The van der Waals surface area contributed by atoms with Crippen molar-refractivity contribution in [3.63, 3.8) is 0 Å². The molecule has 0 aliphatic rings. The van der Waals surface area contributed by atoms with Gasteiger partial charge in [0.05, 0.1) is 11.0 Å². The molecule has 0 fully saturated rings. The Hall–Kier alpha value is -1.35. The summed E-state index contributed by atoms with van der Waals surface area (Å²) in [5.41, 5.74) is 8.09. The van der Waals surface area contributed by atoms with Crippen LogP contribution in [0.3, 0.4) is 0 Å². The predicted molar refractivity (Wildman–Crippen MR) is 71.9 cm³/mol. The van der Waals surface area contributed by atoms with Crippen molar-refractivity contribution in [1.29, 1.82) is 0 Å². The summed E-state index contributed by atoms with van der Waals surface area (Å²) < 4.78 is 0. The van der Waals surface area contributed by atoms with E-state index in [9.17, 15) is 0 Å². The second-order valence-corrected chi connectivity index (χ2v) is 5.40. The number of hydrogen-bond acceptors (Lipinski definition) is 2. The Morgan fingerprint density at radius 1 is 1.24 bits per heavy atom. The minimum Gasteiger partial charge on any atom is -0.342 e. The summed E-state index contributed by atoms with van der Waals surface area (Å²) in [7, 11) is 0. The molecule has 0 bridgehead atoms. The van der Waals surface area contributed by atoms with Crippen molar-refractivity contribution in [3.05, 3.63) is 30.1 Å². The smallest absolute Gasteiger partial charge is 0.107 e. The molecule has 2 aromatic rings. The van der Waals surface area contributed by atoms with E-state index < -0.39 is 0 Å². The van der Waals surface area contributed by atoms with Gasteiger partial charge in [-0.25, -0.2) is 4.98 Å². The van der Waals surface area contributed by atoms with Crippen LogP contribution in [-0.2, 0) is 6.42 Å². The molecular weight excluding hydrogens is 210 g/mol. The monoisotopic (exact) mass is 231 g/mol. The molecule has 1 aromatic carbocycles. The Bertz CT molecular complexity index is 446. The third kappa shape index (κ3) is 3.56. The van der Waals surface area contributed by atoms with Gasteiger partial charge in [0, 0.05) is 12.0 Å². The summed E-state index contributed by atoms with van der Waals surface area (Å²) in [5.74, 6) is 1.08. The number of para-hydroxylation sites is 2. The van der Waals surface area contributed by atoms with Crippen LogP contribution in [0, 0.1) is 0 Å². The quantitative estimate of drug-likeness (QED) is 0.777. The van der Waals surface area contributed by atoms with Crippen LogP contribution >= 0.6 is 0 Å². The van der Waals surface area contributed by atoms with E-state index in [2.05, 4.69) is 29.9 Å². The summed E-state index contributed by atoms with van der Waals surface area (Å²) in [4.78, 5) is 7.91. The van der Waals surface area contributed by atoms with Crippen LogP contribution in [0.4, 0.5) is 0 Å². The molecule has 0 saturated carbocycles. The van der Waals surface area contributed by atoms with E-state index in [1.807, 2.05) is 18.2 Å². The molecule has 1 heterocycles. The SMILES string of the molecule is CC(C)(N)CCCCc1nc2ccccc2[nH]1. The van der Waals surface area contributed by atoms with Crippen LogP contribution < -0.4 is 5.73 Å². The van der Waals surface area contributed by atoms with Gasteiger partial charge >= 0.3 is 0 Å². The van der Waals surface area contributed by atoms with Gasteiger partial charge in [-0.1, -0.05) is 18.6 Å². The molecule has 0 spiro atoms. The summed E-state index contributed by atoms with van der Waals surface area (Å²) in [6.45, 7) is 4.16. The summed E-state index contributed by atoms with van der Waals surface area (Å²) >= 11 is 0. The highest BCUT2D eigenvalue weighted by Crippen LogP contribution is 2.14. The van der Waals surface area contributed by atoms with Crippen molar-refractivity contribution < 1.29 is 0 Å². The third-order valence-corrected chi connectivity index (χ3v) is 2.92. The Morgan fingerprint density at radius 3 is 2.71 bits per heavy atom. The van der Waals surface area contributed by atoms with Crippen LogP contribution in [0.2, 0.25) is 0 Å². The number of fused-ring (bicyclic) bond motifs is 1. The maximum Gasteiger partial charge on any atom is 0.107 e. The van der Waals surface area contributed by atoms with Gasteiger partial charge < -0.3 is 10.7 Å². The molecule has 0 unspecified atom stereocenters. The highest BCUT2D eigenvalue weighted by atomic mass is 14.9. The first kappa shape index (κ1) is 12.1. The molecule has 0 aliphatic carbocycles. The number of aryl methyl sites for hydroxylation is 1. The number of H-pyrrole nitrogens is 1. The van der Waals surface area contributed by atoms with Gasteiger partial charge in [0.15, 0.2) is 0 Å². The van der Waals surface area contributed by atoms with E-state index in [0.29, 0.717) is 0 Å². The van der Waals surface area contributed by atoms with Gasteiger partial charge in [-0.05, 0) is 38.8 Å². The normalized spacial score (nSPS) is 12.2. The van der Waals surface area contributed by atoms with Crippen molar-refractivity contribution in [2.45, 2.75) is 45.1 Å². The van der Waals surface area contributed by atoms with Crippen molar-refractivity contribution >= 4 is 11.0 Å². The molecule has 2 rings (SSSR count). The van der Waals surface area contributed by atoms with Crippen molar-refractivity contribution in [2.24, 2.45) is 5.73 Å². The Kier molecular flexibility index (Phi) is 3.48. The number of hydrogen-bond donors (Lipinski definition) is 2. The number of nitrogens with one attached hydrogen (secondary N) is 1. The predicted octanol–water partition coefficient (Wildman–Crippen LogP) is 3.01. The largest absolute Gasteiger partial charge is 0.342 e. The van der Waals surface area contributed by atoms with E-state index in [1.54, 1.807) is 0 Å². The minimum absolute atomic E-state index is 0.0477. The number of aromatic amines is 1. The summed E-state index contributed by atoms with van der Waals surface area (Å²) in [5, 5.41) is 0. The first-order valence-electron chi connectivity index (χ1n) is 6.27. The molecule has 0 amide bonds. The van der Waals surface area contributed by atoms with Crippen molar-refractivity contribution in [3.8, 4) is 0 Å². The molecule has 92 valence electrons. The fourth-order valence-electron chi connectivity index (χ4n) is 2.00. The molecule has 3 N–H and O–H groups in total. The molecule has 0 saturated heterocycles. The Labute approximate surface area is 102 Å². The Balaban J connectivity index is 1.87. The number of nitrogens with zero attached hydrogens (tertiary/aromatic N) is 1. The second-order valence-electron chi connectivity index (χ2n) is 5.40. The number of aromatic nitrogens is 2. The molecule has 3 heteroatoms. The first-order valence-corrected chi connectivity index (χ1v) is 6.27. The molecule has 0 atom stereocenters. The van der Waals surface area contributed by atoms with E-state index in [1.165, 1.54) is 0 Å². The lowest BCUT2D eigenvalue weighted by molar-refractivity contribution is 0.449. The standard InChI is InChI=1S/C14H21N3/c1-14(2,15)10-6-5-9-13-16-11-7-3-4-8-12(11)17-13/h3-4,7-8H,5-6,9-10,15H2,1-2H3,(H,16,17). The lowest BCUT2D eigenvalue weighted by Crippen LogP contribution is -2.31. The number of imidazole rings is 1. The average Bonchev–Trinajstić information content (AvgIpc) is 2.65. The van der Waals surface area contributed by atoms with Gasteiger partial charge in [0.2, 0.25) is 0 Å². The van der Waals surface area contributed by atoms with Crippen molar-refractivity contribution in [2.75, 3.05) is 0 Å². The highest BCUT2D eigenvalue weighted by Gasteiger charge is 2.09. The van der Waals surface area contributed by atoms with E-state index in [0.717, 1.165) is 42.5 Å². The van der Waals surface area contributed by atoms with Crippen molar-refractivity contribution in [1.82, 2.24) is 9.97 Å². The third-order valence-electron chi connectivity index (χ3n) is 2.92. The Morgan fingerprint density at radius 2 is 2.00 bits per heavy atom. The van der Waals surface area contributed by atoms with Crippen LogP contribution in [0.15, 0.2) is 24.3 Å². The van der Waals surface area contributed by atoms with Crippen LogP contribution in [0.25, 0.3) is 11.0 Å². The topological polar surface area (TPSA) is 54.7 Å². The number of unbranched alkanes of at least 4 members (excludes halogenated alkanes) is 1. The van der Waals surface area contributed by atoms with Gasteiger partial charge in [0.1, 0.15) is 5.82 Å². The molecular formula is C14H21N3.